The molecule has 0 aliphatic carbocycles. The SMILES string of the molecule is Cc1ccc(C)c(NC2OC(=O)c3ccccc32)c1. The third-order valence-corrected chi connectivity index (χ3v) is 3.37. The van der Waals surface area contributed by atoms with E-state index in [0.29, 0.717) is 5.56 Å². The third-order valence-electron chi connectivity index (χ3n) is 3.37. The predicted molar refractivity (Wildman–Crippen MR) is 74.1 cm³/mol. The Morgan fingerprint density at radius 2 is 1.89 bits per heavy atom. The van der Waals surface area contributed by atoms with Crippen LogP contribution in [0.1, 0.15) is 33.3 Å². The van der Waals surface area contributed by atoms with Gasteiger partial charge in [0, 0.05) is 11.3 Å². The molecule has 0 spiro atoms. The lowest BCUT2D eigenvalue weighted by atomic mass is 10.1. The number of carbonyl (C=O) groups excluding carboxylic acids is 1. The molecule has 1 heterocycles. The van der Waals surface area contributed by atoms with Gasteiger partial charge in [0.05, 0.1) is 5.56 Å². The first-order valence-electron chi connectivity index (χ1n) is 6.29. The highest BCUT2D eigenvalue weighted by molar-refractivity contribution is 5.94. The van der Waals surface area contributed by atoms with Gasteiger partial charge in [-0.25, -0.2) is 4.79 Å². The second-order valence-electron chi connectivity index (χ2n) is 4.84. The average Bonchev–Trinajstić information content (AvgIpc) is 2.72. The van der Waals surface area contributed by atoms with E-state index in [4.69, 9.17) is 4.74 Å². The largest absolute Gasteiger partial charge is 0.434 e. The monoisotopic (exact) mass is 253 g/mol. The zero-order chi connectivity index (χ0) is 13.4. The van der Waals surface area contributed by atoms with Gasteiger partial charge < -0.3 is 10.1 Å². The van der Waals surface area contributed by atoms with Crippen LogP contribution in [0.2, 0.25) is 0 Å². The molecular formula is C16H15NO2. The molecule has 3 rings (SSSR count). The number of nitrogens with one attached hydrogen (secondary N) is 1. The van der Waals surface area contributed by atoms with Crippen LogP contribution >= 0.6 is 0 Å². The summed E-state index contributed by atoms with van der Waals surface area (Å²) in [5, 5.41) is 3.29. The number of esters is 1. The molecule has 0 saturated carbocycles. The average molecular weight is 253 g/mol. The minimum atomic E-state index is -0.399. The quantitative estimate of drug-likeness (QED) is 0.831. The molecule has 3 nitrogen and oxygen atoms in total. The van der Waals surface area contributed by atoms with Gasteiger partial charge in [0.25, 0.3) is 0 Å². The van der Waals surface area contributed by atoms with Crippen molar-refractivity contribution < 1.29 is 9.53 Å². The molecule has 0 bridgehead atoms. The molecule has 0 saturated heterocycles. The Hall–Kier alpha value is -2.29. The van der Waals surface area contributed by atoms with Crippen LogP contribution in [0.25, 0.3) is 0 Å². The van der Waals surface area contributed by atoms with Gasteiger partial charge in [-0.2, -0.15) is 0 Å². The maximum atomic E-state index is 11.8. The number of benzene rings is 2. The summed E-state index contributed by atoms with van der Waals surface area (Å²) in [6, 6.07) is 13.7. The van der Waals surface area contributed by atoms with Gasteiger partial charge in [-0.3, -0.25) is 0 Å². The van der Waals surface area contributed by atoms with E-state index in [1.54, 1.807) is 6.07 Å². The molecule has 2 aromatic carbocycles. The maximum absolute atomic E-state index is 11.8. The Balaban J connectivity index is 1.93. The van der Waals surface area contributed by atoms with E-state index >= 15 is 0 Å². The fraction of sp³-hybridized carbons (Fsp3) is 0.188. The molecule has 0 radical (unpaired) electrons. The third kappa shape index (κ3) is 2.08. The standard InChI is InChI=1S/C16H15NO2/c1-10-7-8-11(2)14(9-10)17-15-12-5-3-4-6-13(12)16(18)19-15/h3-9,15,17H,1-2H3. The Kier molecular flexibility index (Phi) is 2.75. The number of cyclic esters (lactones) is 1. The van der Waals surface area contributed by atoms with Crippen molar-refractivity contribution >= 4 is 11.7 Å². The Labute approximate surface area is 112 Å². The summed E-state index contributed by atoms with van der Waals surface area (Å²) < 4.78 is 5.38. The molecule has 19 heavy (non-hydrogen) atoms. The van der Waals surface area contributed by atoms with Crippen molar-refractivity contribution in [2.45, 2.75) is 20.1 Å². The summed E-state index contributed by atoms with van der Waals surface area (Å²) in [5.74, 6) is -0.265. The van der Waals surface area contributed by atoms with E-state index in [2.05, 4.69) is 23.5 Å². The van der Waals surface area contributed by atoms with E-state index < -0.39 is 6.23 Å². The number of ether oxygens (including phenoxy) is 1. The normalized spacial score (nSPS) is 16.9. The van der Waals surface area contributed by atoms with Gasteiger partial charge in [-0.15, -0.1) is 0 Å². The second kappa shape index (κ2) is 4.43. The Morgan fingerprint density at radius 3 is 2.74 bits per heavy atom. The van der Waals surface area contributed by atoms with Gasteiger partial charge in [-0.05, 0) is 37.1 Å². The first-order chi connectivity index (χ1) is 9.15. The number of fused-ring (bicyclic) bond motifs is 1. The van der Waals surface area contributed by atoms with Gasteiger partial charge in [0.15, 0.2) is 0 Å². The van der Waals surface area contributed by atoms with Crippen LogP contribution in [0.5, 0.6) is 0 Å². The molecule has 1 N–H and O–H groups in total. The number of hydrogen-bond donors (Lipinski definition) is 1. The number of aryl methyl sites for hydroxylation is 2. The van der Waals surface area contributed by atoms with Crippen LogP contribution in [0.3, 0.4) is 0 Å². The summed E-state index contributed by atoms with van der Waals surface area (Å²) in [4.78, 5) is 11.8. The first kappa shape index (κ1) is 11.8. The van der Waals surface area contributed by atoms with Crippen molar-refractivity contribution in [1.82, 2.24) is 0 Å². The summed E-state index contributed by atoms with van der Waals surface area (Å²) in [6.07, 6.45) is -0.399. The van der Waals surface area contributed by atoms with E-state index in [-0.39, 0.29) is 5.97 Å². The zero-order valence-corrected chi connectivity index (χ0v) is 10.9. The molecular weight excluding hydrogens is 238 g/mol. The summed E-state index contributed by atoms with van der Waals surface area (Å²) in [5.41, 5.74) is 4.84. The van der Waals surface area contributed by atoms with Gasteiger partial charge in [-0.1, -0.05) is 30.3 Å². The van der Waals surface area contributed by atoms with Gasteiger partial charge >= 0.3 is 5.97 Å². The van der Waals surface area contributed by atoms with E-state index in [1.165, 1.54) is 5.56 Å². The van der Waals surface area contributed by atoms with Gasteiger partial charge in [0.1, 0.15) is 0 Å². The summed E-state index contributed by atoms with van der Waals surface area (Å²) in [7, 11) is 0. The minimum Gasteiger partial charge on any atom is -0.434 e. The van der Waals surface area contributed by atoms with Crippen LogP contribution in [-0.4, -0.2) is 5.97 Å². The highest BCUT2D eigenvalue weighted by atomic mass is 16.6. The van der Waals surface area contributed by atoms with E-state index in [0.717, 1.165) is 16.8 Å². The van der Waals surface area contributed by atoms with E-state index in [1.807, 2.05) is 32.0 Å². The highest BCUT2D eigenvalue weighted by Crippen LogP contribution is 2.32. The maximum Gasteiger partial charge on any atom is 0.340 e. The second-order valence-corrected chi connectivity index (χ2v) is 4.84. The molecule has 1 atom stereocenters. The van der Waals surface area contributed by atoms with Crippen LogP contribution < -0.4 is 5.32 Å². The van der Waals surface area contributed by atoms with Crippen LogP contribution in [0.4, 0.5) is 5.69 Å². The van der Waals surface area contributed by atoms with E-state index in [9.17, 15) is 4.79 Å². The number of anilines is 1. The number of rotatable bonds is 2. The highest BCUT2D eigenvalue weighted by Gasteiger charge is 2.30. The molecule has 1 unspecified atom stereocenters. The Bertz CT molecular complexity index is 649. The molecule has 1 aliphatic rings. The topological polar surface area (TPSA) is 38.3 Å². The molecule has 0 aromatic heterocycles. The number of carbonyl (C=O) groups is 1. The minimum absolute atomic E-state index is 0.265. The van der Waals surface area contributed by atoms with Crippen molar-refractivity contribution in [2.24, 2.45) is 0 Å². The molecule has 2 aromatic rings. The van der Waals surface area contributed by atoms with Crippen molar-refractivity contribution in [3.05, 3.63) is 64.7 Å². The predicted octanol–water partition coefficient (Wildman–Crippen LogP) is 3.58. The number of hydrogen-bond acceptors (Lipinski definition) is 3. The molecule has 1 aliphatic heterocycles. The smallest absolute Gasteiger partial charge is 0.340 e. The van der Waals surface area contributed by atoms with Crippen LogP contribution in [-0.2, 0) is 4.74 Å². The van der Waals surface area contributed by atoms with Crippen molar-refractivity contribution in [3.8, 4) is 0 Å². The lowest BCUT2D eigenvalue weighted by Gasteiger charge is -2.16. The zero-order valence-electron chi connectivity index (χ0n) is 10.9. The van der Waals surface area contributed by atoms with Crippen molar-refractivity contribution in [2.75, 3.05) is 5.32 Å². The summed E-state index contributed by atoms with van der Waals surface area (Å²) in [6.45, 7) is 4.07. The summed E-state index contributed by atoms with van der Waals surface area (Å²) >= 11 is 0. The molecule has 3 heteroatoms. The van der Waals surface area contributed by atoms with Crippen molar-refractivity contribution in [1.29, 1.82) is 0 Å². The fourth-order valence-electron chi connectivity index (χ4n) is 2.29. The lowest BCUT2D eigenvalue weighted by molar-refractivity contribution is 0.0437. The molecule has 0 fully saturated rings. The van der Waals surface area contributed by atoms with Gasteiger partial charge in [0.2, 0.25) is 6.23 Å². The first-order valence-corrected chi connectivity index (χ1v) is 6.29. The van der Waals surface area contributed by atoms with Crippen LogP contribution in [0, 0.1) is 13.8 Å². The van der Waals surface area contributed by atoms with Crippen LogP contribution in [0.15, 0.2) is 42.5 Å². The lowest BCUT2D eigenvalue weighted by Crippen LogP contribution is -2.11. The molecule has 96 valence electrons. The molecule has 0 amide bonds. The Morgan fingerprint density at radius 1 is 1.11 bits per heavy atom. The van der Waals surface area contributed by atoms with Crippen molar-refractivity contribution in [3.63, 3.8) is 0 Å². The fourth-order valence-corrected chi connectivity index (χ4v) is 2.29.